The number of hydrogen-bond acceptors (Lipinski definition) is 4. The molecule has 0 radical (unpaired) electrons. The Kier molecular flexibility index (Phi) is 4.54. The fourth-order valence-electron chi connectivity index (χ4n) is 1.64. The molecule has 0 unspecified atom stereocenters. The van der Waals surface area contributed by atoms with Gasteiger partial charge in [0.25, 0.3) is 11.6 Å². The fraction of sp³-hybridized carbons (Fsp3) is 0.0769. The van der Waals surface area contributed by atoms with Crippen molar-refractivity contribution >= 4 is 44.8 Å². The van der Waals surface area contributed by atoms with Crippen molar-refractivity contribution in [3.05, 3.63) is 61.3 Å². The number of aromatic nitrogens is 1. The smallest absolute Gasteiger partial charge is 0.271 e. The van der Waals surface area contributed by atoms with Gasteiger partial charge in [0.1, 0.15) is 4.60 Å². The molecule has 0 spiro atoms. The van der Waals surface area contributed by atoms with E-state index in [-0.39, 0.29) is 16.3 Å². The summed E-state index contributed by atoms with van der Waals surface area (Å²) in [5, 5.41) is 13.5. The van der Waals surface area contributed by atoms with Crippen LogP contribution in [0.3, 0.4) is 0 Å². The Morgan fingerprint density at radius 3 is 2.71 bits per heavy atom. The van der Waals surface area contributed by atoms with E-state index in [2.05, 4.69) is 26.2 Å². The van der Waals surface area contributed by atoms with Gasteiger partial charge in [-0.3, -0.25) is 14.9 Å². The molecule has 1 heterocycles. The van der Waals surface area contributed by atoms with Crippen LogP contribution in [0.1, 0.15) is 15.9 Å². The molecule has 1 aromatic carbocycles. The number of halogens is 2. The molecule has 1 aromatic heterocycles. The Bertz CT molecular complexity index is 737. The Hall–Kier alpha value is -1.99. The number of hydrogen-bond donors (Lipinski definition) is 1. The molecule has 0 saturated carbocycles. The second kappa shape index (κ2) is 6.19. The van der Waals surface area contributed by atoms with E-state index in [4.69, 9.17) is 11.6 Å². The average Bonchev–Trinajstić information content (AvgIpc) is 2.42. The first-order chi connectivity index (χ1) is 9.86. The van der Waals surface area contributed by atoms with Crippen LogP contribution in [0.4, 0.5) is 11.4 Å². The second-order valence-corrected chi connectivity index (χ2v) is 5.43. The van der Waals surface area contributed by atoms with E-state index in [1.807, 2.05) is 6.92 Å². The molecule has 8 heteroatoms. The van der Waals surface area contributed by atoms with Crippen LogP contribution >= 0.6 is 27.5 Å². The zero-order valence-electron chi connectivity index (χ0n) is 10.8. The molecular weight excluding hydrogens is 362 g/mol. The van der Waals surface area contributed by atoms with Gasteiger partial charge in [0.15, 0.2) is 0 Å². The summed E-state index contributed by atoms with van der Waals surface area (Å²) in [6, 6.07) is 5.45. The van der Waals surface area contributed by atoms with E-state index < -0.39 is 10.8 Å². The number of benzene rings is 1. The number of non-ortho nitro benzene ring substituents is 1. The Morgan fingerprint density at radius 2 is 2.10 bits per heavy atom. The van der Waals surface area contributed by atoms with Gasteiger partial charge < -0.3 is 5.32 Å². The Labute approximate surface area is 133 Å². The number of anilines is 1. The zero-order chi connectivity index (χ0) is 15.6. The van der Waals surface area contributed by atoms with Crippen LogP contribution in [0.25, 0.3) is 0 Å². The maximum atomic E-state index is 12.1. The normalized spacial score (nSPS) is 10.2. The van der Waals surface area contributed by atoms with Gasteiger partial charge in [0.2, 0.25) is 0 Å². The van der Waals surface area contributed by atoms with E-state index in [1.54, 1.807) is 6.07 Å². The van der Waals surface area contributed by atoms with Gasteiger partial charge in [-0.1, -0.05) is 11.6 Å². The molecule has 6 nitrogen and oxygen atoms in total. The zero-order valence-corrected chi connectivity index (χ0v) is 13.1. The van der Waals surface area contributed by atoms with Gasteiger partial charge in [-0.2, -0.15) is 0 Å². The maximum absolute atomic E-state index is 12.1. The van der Waals surface area contributed by atoms with Crippen molar-refractivity contribution in [2.45, 2.75) is 6.92 Å². The van der Waals surface area contributed by atoms with Gasteiger partial charge in [0.05, 0.1) is 16.8 Å². The molecule has 2 aromatic rings. The highest BCUT2D eigenvalue weighted by molar-refractivity contribution is 9.10. The highest BCUT2D eigenvalue weighted by Crippen LogP contribution is 2.22. The number of carbonyl (C=O) groups excluding carboxylic acids is 1. The standard InChI is InChI=1S/C13H9BrClN3O3/c1-7-2-10(6-16-12(7)14)17-13(19)8-3-9(15)5-11(4-8)18(20)21/h2-6H,1H3,(H,17,19). The van der Waals surface area contributed by atoms with Crippen molar-refractivity contribution in [1.82, 2.24) is 4.98 Å². The van der Waals surface area contributed by atoms with Crippen molar-refractivity contribution in [1.29, 1.82) is 0 Å². The third kappa shape index (κ3) is 3.77. The van der Waals surface area contributed by atoms with Gasteiger partial charge in [-0.25, -0.2) is 4.98 Å². The number of nitrogens with zero attached hydrogens (tertiary/aromatic N) is 2. The Morgan fingerprint density at radius 1 is 1.38 bits per heavy atom. The molecule has 0 fully saturated rings. The van der Waals surface area contributed by atoms with Crippen LogP contribution in [-0.4, -0.2) is 15.8 Å². The number of amides is 1. The van der Waals surface area contributed by atoms with Crippen molar-refractivity contribution in [3.63, 3.8) is 0 Å². The summed E-state index contributed by atoms with van der Waals surface area (Å²) < 4.78 is 0.680. The summed E-state index contributed by atoms with van der Waals surface area (Å²) >= 11 is 9.04. The van der Waals surface area contributed by atoms with E-state index >= 15 is 0 Å². The summed E-state index contributed by atoms with van der Waals surface area (Å²) in [5.74, 6) is -0.496. The summed E-state index contributed by atoms with van der Waals surface area (Å²) in [4.78, 5) is 26.3. The minimum absolute atomic E-state index is 0.106. The number of rotatable bonds is 3. The molecule has 108 valence electrons. The Balaban J connectivity index is 2.27. The van der Waals surface area contributed by atoms with Crippen LogP contribution in [0.2, 0.25) is 5.02 Å². The number of pyridine rings is 1. The molecule has 1 N–H and O–H groups in total. The first-order valence-electron chi connectivity index (χ1n) is 5.75. The van der Waals surface area contributed by atoms with E-state index in [0.29, 0.717) is 10.3 Å². The van der Waals surface area contributed by atoms with Crippen molar-refractivity contribution < 1.29 is 9.72 Å². The summed E-state index contributed by atoms with van der Waals surface area (Å²) in [7, 11) is 0. The third-order valence-corrected chi connectivity index (χ3v) is 3.68. The molecule has 2 rings (SSSR count). The van der Waals surface area contributed by atoms with Crippen LogP contribution in [0.15, 0.2) is 35.1 Å². The first kappa shape index (κ1) is 15.4. The van der Waals surface area contributed by atoms with E-state index in [0.717, 1.165) is 5.56 Å². The van der Waals surface area contributed by atoms with Crippen LogP contribution < -0.4 is 5.32 Å². The van der Waals surface area contributed by atoms with E-state index in [9.17, 15) is 14.9 Å². The van der Waals surface area contributed by atoms with Crippen LogP contribution in [0, 0.1) is 17.0 Å². The summed E-state index contributed by atoms with van der Waals surface area (Å²) in [5.41, 5.74) is 1.21. The number of carbonyl (C=O) groups is 1. The fourth-order valence-corrected chi connectivity index (χ4v) is 2.09. The molecule has 21 heavy (non-hydrogen) atoms. The van der Waals surface area contributed by atoms with E-state index in [1.165, 1.54) is 24.4 Å². The first-order valence-corrected chi connectivity index (χ1v) is 6.92. The van der Waals surface area contributed by atoms with Crippen LogP contribution in [0.5, 0.6) is 0 Å². The lowest BCUT2D eigenvalue weighted by Crippen LogP contribution is -2.12. The quantitative estimate of drug-likeness (QED) is 0.503. The predicted octanol–water partition coefficient (Wildman–Crippen LogP) is 3.97. The number of nitrogens with one attached hydrogen (secondary N) is 1. The third-order valence-electron chi connectivity index (χ3n) is 2.63. The molecule has 0 aliphatic heterocycles. The topological polar surface area (TPSA) is 85.1 Å². The maximum Gasteiger partial charge on any atom is 0.271 e. The number of nitro groups is 1. The molecular formula is C13H9BrClN3O3. The SMILES string of the molecule is Cc1cc(NC(=O)c2cc(Cl)cc([N+](=O)[O-])c2)cnc1Br. The lowest BCUT2D eigenvalue weighted by molar-refractivity contribution is -0.384. The minimum Gasteiger partial charge on any atom is -0.321 e. The molecule has 0 aliphatic carbocycles. The summed E-state index contributed by atoms with van der Waals surface area (Å²) in [6.45, 7) is 1.83. The number of aryl methyl sites for hydroxylation is 1. The van der Waals surface area contributed by atoms with Gasteiger partial charge in [0, 0.05) is 22.7 Å². The van der Waals surface area contributed by atoms with Crippen molar-refractivity contribution in [2.75, 3.05) is 5.32 Å². The lowest BCUT2D eigenvalue weighted by Gasteiger charge is -2.07. The van der Waals surface area contributed by atoms with Crippen LogP contribution in [-0.2, 0) is 0 Å². The molecule has 0 bridgehead atoms. The molecule has 0 aliphatic rings. The summed E-state index contributed by atoms with van der Waals surface area (Å²) in [6.07, 6.45) is 1.48. The highest BCUT2D eigenvalue weighted by atomic mass is 79.9. The molecule has 1 amide bonds. The van der Waals surface area contributed by atoms with Crippen molar-refractivity contribution in [3.8, 4) is 0 Å². The largest absolute Gasteiger partial charge is 0.321 e. The lowest BCUT2D eigenvalue weighted by atomic mass is 10.2. The second-order valence-electron chi connectivity index (χ2n) is 4.24. The van der Waals surface area contributed by atoms with Gasteiger partial charge >= 0.3 is 0 Å². The monoisotopic (exact) mass is 369 g/mol. The van der Waals surface area contributed by atoms with Crippen molar-refractivity contribution in [2.24, 2.45) is 0 Å². The predicted molar refractivity (Wildman–Crippen MR) is 82.7 cm³/mol. The molecule has 0 atom stereocenters. The minimum atomic E-state index is -0.603. The highest BCUT2D eigenvalue weighted by Gasteiger charge is 2.14. The van der Waals surface area contributed by atoms with Gasteiger partial charge in [-0.15, -0.1) is 0 Å². The number of nitro benzene ring substituents is 1. The molecule has 0 saturated heterocycles. The average molecular weight is 371 g/mol. The van der Waals surface area contributed by atoms with Gasteiger partial charge in [-0.05, 0) is 40.5 Å².